The third kappa shape index (κ3) is 29.0. The lowest BCUT2D eigenvalue weighted by atomic mass is 9.92. The van der Waals surface area contributed by atoms with Gasteiger partial charge in [0, 0.05) is 12.1 Å². The van der Waals surface area contributed by atoms with Gasteiger partial charge in [-0.05, 0) is 114 Å². The van der Waals surface area contributed by atoms with E-state index in [2.05, 4.69) is 98.6 Å². The van der Waals surface area contributed by atoms with Crippen molar-refractivity contribution in [3.63, 3.8) is 0 Å². The summed E-state index contributed by atoms with van der Waals surface area (Å²) in [6, 6.07) is -0.332. The van der Waals surface area contributed by atoms with E-state index in [1.54, 1.807) is 11.3 Å². The fourth-order valence-electron chi connectivity index (χ4n) is 5.73. The molecule has 9 heteroatoms. The highest BCUT2D eigenvalue weighted by Crippen LogP contribution is 2.25. The Morgan fingerprint density at radius 2 is 1.45 bits per heavy atom. The lowest BCUT2D eigenvalue weighted by molar-refractivity contribution is -0.142. The number of imide groups is 1. The van der Waals surface area contributed by atoms with Gasteiger partial charge in [0.2, 0.25) is 5.91 Å². The van der Waals surface area contributed by atoms with Gasteiger partial charge in [-0.25, -0.2) is 9.78 Å². The second-order valence-corrected chi connectivity index (χ2v) is 17.3. The fourth-order valence-corrected chi connectivity index (χ4v) is 6.71. The first-order valence-corrected chi connectivity index (χ1v) is 24.4. The smallest absolute Gasteiger partial charge is 0.328 e. The molecule has 1 saturated heterocycles. The Morgan fingerprint density at radius 1 is 0.867 bits per heavy atom. The van der Waals surface area contributed by atoms with Gasteiger partial charge in [0.1, 0.15) is 6.54 Å². The summed E-state index contributed by atoms with van der Waals surface area (Å²) in [6.07, 6.45) is 25.0. The summed E-state index contributed by atoms with van der Waals surface area (Å²) in [4.78, 5) is 51.4. The van der Waals surface area contributed by atoms with Gasteiger partial charge < -0.3 is 5.11 Å². The minimum Gasteiger partial charge on any atom is -0.481 e. The summed E-state index contributed by atoms with van der Waals surface area (Å²) in [6.45, 7) is 33.7. The predicted octanol–water partition coefficient (Wildman–Crippen LogP) is 14.0. The molecule has 3 amide bonds. The number of hydrogen-bond donors (Lipinski definition) is 2. The van der Waals surface area contributed by atoms with Crippen LogP contribution >= 0.6 is 11.3 Å². The van der Waals surface area contributed by atoms with E-state index in [0.29, 0.717) is 17.3 Å². The number of Topliss-reactive ketones (excluding diaryl/α,β-unsaturated/α-hetero) is 1. The van der Waals surface area contributed by atoms with Crippen LogP contribution in [0.4, 0.5) is 4.79 Å². The van der Waals surface area contributed by atoms with Gasteiger partial charge in [-0.1, -0.05) is 146 Å². The van der Waals surface area contributed by atoms with E-state index >= 15 is 0 Å². The molecule has 1 aromatic heterocycles. The van der Waals surface area contributed by atoms with Gasteiger partial charge >= 0.3 is 12.0 Å². The molecule has 1 aliphatic carbocycles. The number of carbonyl (C=O) groups excluding carboxylic acids is 3. The van der Waals surface area contributed by atoms with Crippen LogP contribution in [0.15, 0.2) is 34.6 Å². The van der Waals surface area contributed by atoms with E-state index in [9.17, 15) is 19.2 Å². The minimum atomic E-state index is -0.620. The van der Waals surface area contributed by atoms with E-state index in [0.717, 1.165) is 87.6 Å². The van der Waals surface area contributed by atoms with Crippen molar-refractivity contribution < 1.29 is 24.3 Å². The van der Waals surface area contributed by atoms with Gasteiger partial charge in [0.25, 0.3) is 0 Å². The molecular weight excluding hydrogens is 767 g/mol. The molecule has 2 N–H and O–H groups in total. The standard InChI is InChI=1S/C19H27NOS.C12H18N2O2.C11H22O2.C4H10.C3H8.C2H6/c1-4-6-12-18-16(13-15-11-8-7-10-14(15)3)20-19(22-18)17(21)9-5-2;1-4-10(5-2)7-6-9(3)14-8-11(15)13-12(14)16;1-4-6-10(11(12)13)8-7-9(3)5-2;1-4(2)3;1-3-2;1-2/h12-13H,4-11H2,1-3H3;6-7H,4-5,8H2,1-3H3,(H,13,15,16);9-10H,4-8H2,1-3H3,(H,12,13);4H,1-3H3;3H2,1-2H3;1-2H3/b16-13+,18-12-;9-6+;;;;. The zero-order valence-electron chi connectivity index (χ0n) is 41.4. The molecule has 1 aromatic rings. The highest BCUT2D eigenvalue weighted by atomic mass is 32.1. The van der Waals surface area contributed by atoms with Crippen LogP contribution in [-0.2, 0) is 9.59 Å². The normalized spacial score (nSPS) is 15.1. The van der Waals surface area contributed by atoms with E-state index in [1.807, 2.05) is 46.8 Å². The summed E-state index contributed by atoms with van der Waals surface area (Å²) in [5.74, 6) is 0.712. The lowest BCUT2D eigenvalue weighted by Crippen LogP contribution is -2.26. The van der Waals surface area contributed by atoms with Crippen LogP contribution in [0.2, 0.25) is 0 Å². The maximum atomic E-state index is 12.1. The molecule has 1 aliphatic heterocycles. The molecule has 0 bridgehead atoms. The number of ketones is 1. The number of hydrogen-bond acceptors (Lipinski definition) is 6. The summed E-state index contributed by atoms with van der Waals surface area (Å²) in [7, 11) is 0. The number of nitrogens with one attached hydrogen (secondary N) is 1. The van der Waals surface area contributed by atoms with Gasteiger partial charge in [-0.3, -0.25) is 24.6 Å². The Hall–Kier alpha value is -3.33. The van der Waals surface area contributed by atoms with Crippen LogP contribution in [0.1, 0.15) is 223 Å². The third-order valence-electron chi connectivity index (χ3n) is 9.50. The van der Waals surface area contributed by atoms with E-state index in [4.69, 9.17) is 5.11 Å². The molecule has 0 spiro atoms. The molecule has 0 saturated carbocycles. The molecule has 2 heterocycles. The fraction of sp³-hybridized carbons (Fsp3) is 0.706. The van der Waals surface area contributed by atoms with Crippen LogP contribution in [0, 0.1) is 17.8 Å². The van der Waals surface area contributed by atoms with Gasteiger partial charge in [0.05, 0.1) is 15.8 Å². The van der Waals surface area contributed by atoms with Crippen LogP contribution in [0.3, 0.4) is 0 Å². The number of carboxylic acid groups (broad SMARTS) is 1. The minimum absolute atomic E-state index is 0.112. The molecule has 1 fully saturated rings. The van der Waals surface area contributed by atoms with E-state index < -0.39 is 5.97 Å². The molecule has 0 radical (unpaired) electrons. The number of thiazole rings is 1. The van der Waals surface area contributed by atoms with Crippen molar-refractivity contribution >= 4 is 47.2 Å². The number of aromatic nitrogens is 1. The largest absolute Gasteiger partial charge is 0.481 e. The molecule has 0 aromatic carbocycles. The van der Waals surface area contributed by atoms with Crippen molar-refractivity contribution in [2.45, 2.75) is 214 Å². The number of aliphatic carboxylic acids is 1. The number of rotatable bonds is 17. The first kappa shape index (κ1) is 61.0. The maximum Gasteiger partial charge on any atom is 0.328 e. The molecule has 346 valence electrons. The quantitative estimate of drug-likeness (QED) is 0.0915. The Kier molecular flexibility index (Phi) is 39.2. The number of urea groups is 1. The average molecular weight is 858 g/mol. The van der Waals surface area contributed by atoms with Crippen molar-refractivity contribution in [2.24, 2.45) is 17.8 Å². The number of nitrogens with zero attached hydrogens (tertiary/aromatic N) is 2. The zero-order valence-corrected chi connectivity index (χ0v) is 42.3. The van der Waals surface area contributed by atoms with E-state index in [1.165, 1.54) is 51.8 Å². The highest BCUT2D eigenvalue weighted by Gasteiger charge is 2.27. The zero-order chi connectivity index (χ0) is 46.6. The number of unbranched alkanes of at least 4 members (excludes halogenated alkanes) is 1. The van der Waals surface area contributed by atoms with Crippen molar-refractivity contribution in [3.05, 3.63) is 49.5 Å². The lowest BCUT2D eigenvalue weighted by Gasteiger charge is -2.13. The van der Waals surface area contributed by atoms with Crippen LogP contribution in [-0.4, -0.2) is 45.2 Å². The summed E-state index contributed by atoms with van der Waals surface area (Å²) < 4.78 is 1.17. The van der Waals surface area contributed by atoms with Gasteiger partial charge in [-0.2, -0.15) is 0 Å². The Bertz CT molecular complexity index is 1540. The SMILES string of the molecule is CC.CC(C)C.CCC.CCC(=C/C=C(\C)N1CC(=O)NC1=O)CC.CCC/C=c1\sc(C(=O)CCC)n\c1=C\C1=C(C)CCCC1.CCCC(CCC(C)CC)C(=O)O. The Labute approximate surface area is 372 Å². The van der Waals surface area contributed by atoms with E-state index in [-0.39, 0.29) is 30.2 Å². The Morgan fingerprint density at radius 3 is 1.90 bits per heavy atom. The topological polar surface area (TPSA) is 117 Å². The maximum absolute atomic E-state index is 12.1. The Balaban J connectivity index is -0.000000758. The van der Waals surface area contributed by atoms with Crippen molar-refractivity contribution in [2.75, 3.05) is 6.54 Å². The van der Waals surface area contributed by atoms with Crippen molar-refractivity contribution in [3.8, 4) is 0 Å². The number of amides is 3. The number of carboxylic acids is 1. The third-order valence-corrected chi connectivity index (χ3v) is 10.6. The van der Waals surface area contributed by atoms with Crippen LogP contribution < -0.4 is 15.2 Å². The van der Waals surface area contributed by atoms with Crippen molar-refractivity contribution in [1.29, 1.82) is 0 Å². The second kappa shape index (κ2) is 38.6. The monoisotopic (exact) mass is 858 g/mol. The van der Waals surface area contributed by atoms with Gasteiger partial charge in [-0.15, -0.1) is 11.3 Å². The first-order valence-electron chi connectivity index (χ1n) is 23.6. The molecule has 2 aliphatic rings. The first-order chi connectivity index (χ1) is 28.5. The van der Waals surface area contributed by atoms with Crippen molar-refractivity contribution in [1.82, 2.24) is 15.2 Å². The predicted molar refractivity (Wildman–Crippen MR) is 261 cm³/mol. The molecule has 3 rings (SSSR count). The molecule has 2 unspecified atom stereocenters. The molecule has 8 nitrogen and oxygen atoms in total. The number of allylic oxidation sites excluding steroid dienone is 6. The van der Waals surface area contributed by atoms with Crippen LogP contribution in [0.5, 0.6) is 0 Å². The summed E-state index contributed by atoms with van der Waals surface area (Å²) in [5, 5.41) is 12.8. The highest BCUT2D eigenvalue weighted by molar-refractivity contribution is 7.11. The molecular formula is C51H91N3O5S. The summed E-state index contributed by atoms with van der Waals surface area (Å²) in [5.41, 5.74) is 5.03. The molecule has 60 heavy (non-hydrogen) atoms. The van der Waals surface area contributed by atoms with Crippen LogP contribution in [0.25, 0.3) is 12.2 Å². The summed E-state index contributed by atoms with van der Waals surface area (Å²) >= 11 is 1.57. The number of carbonyl (C=O) groups is 4. The average Bonchev–Trinajstić information content (AvgIpc) is 3.78. The second-order valence-electron chi connectivity index (χ2n) is 16.2. The van der Waals surface area contributed by atoms with Gasteiger partial charge in [0.15, 0.2) is 10.8 Å². The molecule has 2 atom stereocenters.